The van der Waals surface area contributed by atoms with Gasteiger partial charge in [-0.2, -0.15) is 0 Å². The molecule has 26 heavy (non-hydrogen) atoms. The average Bonchev–Trinajstić information content (AvgIpc) is 2.67. The quantitative estimate of drug-likeness (QED) is 0.369. The van der Waals surface area contributed by atoms with Crippen molar-refractivity contribution >= 4 is 22.3 Å². The largest absolute Gasteiger partial charge is 0.289 e. The lowest BCUT2D eigenvalue weighted by Gasteiger charge is -2.08. The van der Waals surface area contributed by atoms with Crippen LogP contribution < -0.4 is 0 Å². The first-order chi connectivity index (χ1) is 12.7. The van der Waals surface area contributed by atoms with Crippen molar-refractivity contribution in [3.05, 3.63) is 41.6 Å². The van der Waals surface area contributed by atoms with Gasteiger partial charge in [-0.15, -0.1) is 0 Å². The van der Waals surface area contributed by atoms with Crippen LogP contribution in [0.5, 0.6) is 0 Å². The van der Waals surface area contributed by atoms with Gasteiger partial charge in [0.05, 0.1) is 16.9 Å². The Labute approximate surface area is 158 Å². The summed E-state index contributed by atoms with van der Waals surface area (Å²) < 4.78 is 0. The molecule has 0 fully saturated rings. The number of aromatic nitrogens is 1. The number of rotatable bonds is 10. The molecule has 0 radical (unpaired) electrons. The number of pyridine rings is 1. The molecule has 1 heterocycles. The van der Waals surface area contributed by atoms with Gasteiger partial charge >= 0.3 is 0 Å². The fourth-order valence-corrected chi connectivity index (χ4v) is 3.02. The van der Waals surface area contributed by atoms with Gasteiger partial charge in [-0.25, -0.2) is 4.98 Å². The molecule has 0 aliphatic heterocycles. The van der Waals surface area contributed by atoms with E-state index in [4.69, 9.17) is 15.0 Å². The van der Waals surface area contributed by atoms with Gasteiger partial charge in [-0.3, -0.25) is 9.98 Å². The summed E-state index contributed by atoms with van der Waals surface area (Å²) in [5, 5.41) is 1.16. The van der Waals surface area contributed by atoms with Crippen LogP contribution in [0.2, 0.25) is 0 Å². The Balaban J connectivity index is 2.26. The van der Waals surface area contributed by atoms with Gasteiger partial charge in [0, 0.05) is 29.8 Å². The summed E-state index contributed by atoms with van der Waals surface area (Å²) in [7, 11) is 0. The smallest absolute Gasteiger partial charge is 0.0845 e. The van der Waals surface area contributed by atoms with E-state index in [1.165, 1.54) is 25.7 Å². The zero-order valence-electron chi connectivity index (χ0n) is 16.9. The zero-order valence-corrected chi connectivity index (χ0v) is 16.9. The van der Waals surface area contributed by atoms with Crippen molar-refractivity contribution in [2.45, 2.75) is 66.2 Å². The molecule has 0 N–H and O–H groups in total. The predicted molar refractivity (Wildman–Crippen MR) is 115 cm³/mol. The van der Waals surface area contributed by atoms with Crippen molar-refractivity contribution in [1.29, 1.82) is 0 Å². The maximum atomic E-state index is 4.93. The van der Waals surface area contributed by atoms with Crippen molar-refractivity contribution in [3.8, 4) is 0 Å². The lowest BCUT2D eigenvalue weighted by atomic mass is 10.0. The number of aliphatic imine (C=N–C) groups is 2. The first-order valence-electron chi connectivity index (χ1n) is 10.1. The van der Waals surface area contributed by atoms with Gasteiger partial charge in [-0.05, 0) is 32.8 Å². The SMILES string of the molecule is CCCCC/N=C(\C)c1ccc2cccc(/C(C)=N/CCCCC)c2n1. The second-order valence-corrected chi connectivity index (χ2v) is 6.92. The Morgan fingerprint density at radius 2 is 1.46 bits per heavy atom. The van der Waals surface area contributed by atoms with Crippen molar-refractivity contribution in [2.75, 3.05) is 13.1 Å². The summed E-state index contributed by atoms with van der Waals surface area (Å²) in [6.45, 7) is 10.4. The number of para-hydroxylation sites is 1. The fraction of sp³-hybridized carbons (Fsp3) is 0.522. The van der Waals surface area contributed by atoms with E-state index >= 15 is 0 Å². The maximum absolute atomic E-state index is 4.93. The molecule has 0 unspecified atom stereocenters. The van der Waals surface area contributed by atoms with Gasteiger partial charge in [0.15, 0.2) is 0 Å². The Bertz CT molecular complexity index is 759. The van der Waals surface area contributed by atoms with E-state index in [0.29, 0.717) is 0 Å². The van der Waals surface area contributed by atoms with E-state index in [1.807, 2.05) is 0 Å². The second kappa shape index (κ2) is 10.8. The minimum atomic E-state index is 0.888. The minimum absolute atomic E-state index is 0.888. The van der Waals surface area contributed by atoms with E-state index in [9.17, 15) is 0 Å². The highest BCUT2D eigenvalue weighted by Crippen LogP contribution is 2.19. The van der Waals surface area contributed by atoms with E-state index in [2.05, 4.69) is 58.0 Å². The molecule has 3 heteroatoms. The number of fused-ring (bicyclic) bond motifs is 1. The molecular weight excluding hydrogens is 318 g/mol. The molecule has 0 bridgehead atoms. The molecule has 0 atom stereocenters. The van der Waals surface area contributed by atoms with E-state index in [1.54, 1.807) is 0 Å². The van der Waals surface area contributed by atoms with Crippen LogP contribution in [0.25, 0.3) is 10.9 Å². The van der Waals surface area contributed by atoms with Gasteiger partial charge in [0.2, 0.25) is 0 Å². The van der Waals surface area contributed by atoms with Gasteiger partial charge in [0.25, 0.3) is 0 Å². The van der Waals surface area contributed by atoms with Crippen molar-refractivity contribution in [3.63, 3.8) is 0 Å². The molecule has 140 valence electrons. The molecule has 2 rings (SSSR count). The summed E-state index contributed by atoms with van der Waals surface area (Å²) in [6, 6.07) is 10.6. The molecule has 0 aliphatic rings. The van der Waals surface area contributed by atoms with Crippen LogP contribution in [0.4, 0.5) is 0 Å². The van der Waals surface area contributed by atoms with E-state index < -0.39 is 0 Å². The van der Waals surface area contributed by atoms with Gasteiger partial charge in [-0.1, -0.05) is 63.8 Å². The van der Waals surface area contributed by atoms with Crippen LogP contribution in [0.1, 0.15) is 77.5 Å². The van der Waals surface area contributed by atoms with Crippen LogP contribution in [-0.2, 0) is 0 Å². The highest BCUT2D eigenvalue weighted by Gasteiger charge is 2.08. The Kier molecular flexibility index (Phi) is 8.46. The second-order valence-electron chi connectivity index (χ2n) is 6.92. The molecule has 2 aromatic rings. The molecule has 1 aromatic carbocycles. The highest BCUT2D eigenvalue weighted by molar-refractivity contribution is 6.09. The molecule has 0 saturated carbocycles. The topological polar surface area (TPSA) is 37.6 Å². The number of nitrogens with zero attached hydrogens (tertiary/aromatic N) is 3. The van der Waals surface area contributed by atoms with Gasteiger partial charge in [0.1, 0.15) is 0 Å². The van der Waals surface area contributed by atoms with Crippen molar-refractivity contribution < 1.29 is 0 Å². The lowest BCUT2D eigenvalue weighted by Crippen LogP contribution is -2.04. The summed E-state index contributed by atoms with van der Waals surface area (Å²) in [5.74, 6) is 0. The molecule has 1 aromatic heterocycles. The van der Waals surface area contributed by atoms with Crippen LogP contribution >= 0.6 is 0 Å². The Hall–Kier alpha value is -2.03. The highest BCUT2D eigenvalue weighted by atomic mass is 14.8. The standard InChI is InChI=1S/C23H33N3/c1-5-7-9-16-24-18(3)21-13-11-12-20-14-15-22(26-23(20)21)19(4)25-17-10-8-6-2/h11-15H,5-10,16-17H2,1-4H3/b24-18+,25-19+. The molecule has 0 spiro atoms. The number of hydrogen-bond acceptors (Lipinski definition) is 3. The third-order valence-electron chi connectivity index (χ3n) is 4.70. The van der Waals surface area contributed by atoms with Crippen molar-refractivity contribution in [1.82, 2.24) is 4.98 Å². The Morgan fingerprint density at radius 1 is 0.808 bits per heavy atom. The van der Waals surface area contributed by atoms with Crippen LogP contribution in [0, 0.1) is 0 Å². The molecule has 0 aliphatic carbocycles. The summed E-state index contributed by atoms with van der Waals surface area (Å²) in [4.78, 5) is 14.4. The molecule has 0 amide bonds. The lowest BCUT2D eigenvalue weighted by molar-refractivity contribution is 0.728. The van der Waals surface area contributed by atoms with E-state index in [0.717, 1.165) is 59.5 Å². The van der Waals surface area contributed by atoms with Crippen LogP contribution in [0.3, 0.4) is 0 Å². The minimum Gasteiger partial charge on any atom is -0.289 e. The van der Waals surface area contributed by atoms with Crippen LogP contribution in [0.15, 0.2) is 40.3 Å². The maximum Gasteiger partial charge on any atom is 0.0845 e. The summed E-state index contributed by atoms with van der Waals surface area (Å²) in [5.41, 5.74) is 5.24. The third kappa shape index (κ3) is 5.76. The van der Waals surface area contributed by atoms with Crippen LogP contribution in [-0.4, -0.2) is 29.5 Å². The monoisotopic (exact) mass is 351 g/mol. The molecule has 3 nitrogen and oxygen atoms in total. The first-order valence-corrected chi connectivity index (χ1v) is 10.1. The average molecular weight is 352 g/mol. The van der Waals surface area contributed by atoms with E-state index in [-0.39, 0.29) is 0 Å². The number of hydrogen-bond donors (Lipinski definition) is 0. The number of unbranched alkanes of at least 4 members (excludes halogenated alkanes) is 4. The van der Waals surface area contributed by atoms with Crippen molar-refractivity contribution in [2.24, 2.45) is 9.98 Å². The molecule has 0 saturated heterocycles. The third-order valence-corrected chi connectivity index (χ3v) is 4.70. The number of benzene rings is 1. The first kappa shape index (κ1) is 20.3. The zero-order chi connectivity index (χ0) is 18.8. The van der Waals surface area contributed by atoms with Gasteiger partial charge < -0.3 is 0 Å². The summed E-state index contributed by atoms with van der Waals surface area (Å²) >= 11 is 0. The normalized spacial score (nSPS) is 12.8. The fourth-order valence-electron chi connectivity index (χ4n) is 3.02. The summed E-state index contributed by atoms with van der Waals surface area (Å²) in [6.07, 6.45) is 7.23. The molecular formula is C23H33N3. The Morgan fingerprint density at radius 3 is 2.12 bits per heavy atom. The predicted octanol–water partition coefficient (Wildman–Crippen LogP) is 6.23.